The van der Waals surface area contributed by atoms with E-state index >= 15 is 0 Å². The summed E-state index contributed by atoms with van der Waals surface area (Å²) in [6.45, 7) is 3.73. The minimum Gasteiger partial charge on any atom is -0.493 e. The van der Waals surface area contributed by atoms with E-state index in [1.165, 1.54) is 61.5 Å². The number of benzene rings is 3. The summed E-state index contributed by atoms with van der Waals surface area (Å²) >= 11 is 0. The number of carbonyl (C=O) groups excluding carboxylic acids is 5. The van der Waals surface area contributed by atoms with Gasteiger partial charge in [0, 0.05) is 38.2 Å². The zero-order valence-electron chi connectivity index (χ0n) is 41.7. The van der Waals surface area contributed by atoms with Gasteiger partial charge in [-0.1, -0.05) is 17.2 Å². The molecule has 0 spiro atoms. The molecule has 0 bridgehead atoms. The number of amides is 5. The number of anilines is 2. The largest absolute Gasteiger partial charge is 0.493 e. The minimum atomic E-state index is -1.99. The predicted molar refractivity (Wildman–Crippen MR) is 260 cm³/mol. The average molecular weight is 1050 g/mol. The van der Waals surface area contributed by atoms with Crippen LogP contribution in [0.1, 0.15) is 82.6 Å². The molecule has 0 aromatic heterocycles. The molecule has 8 rings (SSSR count). The standard InChI is InChI=1S/C51H59N5O19/c1-25-15-33-45(61)53-31-20-38(36(69-4)18-28(31)46(62)54(33)22-25)71-12-7-6-8-13-72-39-21-32-29(19-37(39)70-5)47(63)55-23-26(2)16-34(55)48(64)56(32)51(67)73-24-27-9-10-35(30(17-27)44(60)52-11-14-68-3)74-50-42(59)40(57)41(58)43(75-50)49(65)66/h9-10,17-23,33-34,40-43,48,50,57-59,64H,6-8,11-16,24H2,1-5H3,(H,52,60)(H,53,61)(H,65,66)/t33-,34-,40-,41-,42+,43-,48?,50+/m0/s1. The summed E-state index contributed by atoms with van der Waals surface area (Å²) in [5.41, 5.74) is 2.28. The van der Waals surface area contributed by atoms with Crippen molar-refractivity contribution in [1.29, 1.82) is 0 Å². The zero-order valence-corrected chi connectivity index (χ0v) is 41.7. The quantitative estimate of drug-likeness (QED) is 0.0849. The molecule has 1 unspecified atom stereocenters. The Labute approximate surface area is 429 Å². The summed E-state index contributed by atoms with van der Waals surface area (Å²) in [5.74, 6) is -2.75. The molecule has 3 aromatic carbocycles. The van der Waals surface area contributed by atoms with Crippen molar-refractivity contribution < 1.29 is 92.2 Å². The second-order valence-corrected chi connectivity index (χ2v) is 18.5. The van der Waals surface area contributed by atoms with Crippen molar-refractivity contribution >= 4 is 47.1 Å². The number of rotatable bonds is 19. The highest BCUT2D eigenvalue weighted by atomic mass is 16.7. The van der Waals surface area contributed by atoms with Crippen LogP contribution in [0.3, 0.4) is 0 Å². The second kappa shape index (κ2) is 23.0. The summed E-state index contributed by atoms with van der Waals surface area (Å²) in [7, 11) is 4.28. The number of carbonyl (C=O) groups is 6. The molecule has 7 N–H and O–H groups in total. The van der Waals surface area contributed by atoms with E-state index in [-0.39, 0.29) is 89.8 Å². The number of ether oxygens (including phenoxy) is 8. The number of nitrogens with zero attached hydrogens (tertiary/aromatic N) is 3. The molecule has 8 atom stereocenters. The Balaban J connectivity index is 0.955. The number of hydrogen-bond donors (Lipinski definition) is 7. The van der Waals surface area contributed by atoms with E-state index in [2.05, 4.69) is 10.6 Å². The fourth-order valence-electron chi connectivity index (χ4n) is 9.34. The normalized spacial score (nSPS) is 23.8. The summed E-state index contributed by atoms with van der Waals surface area (Å²) in [6, 6.07) is 8.38. The molecule has 24 heteroatoms. The lowest BCUT2D eigenvalue weighted by molar-refractivity contribution is -0.271. The first-order valence-electron chi connectivity index (χ1n) is 24.1. The molecule has 1 fully saturated rings. The van der Waals surface area contributed by atoms with E-state index in [0.29, 0.717) is 42.9 Å². The van der Waals surface area contributed by atoms with Gasteiger partial charge in [-0.15, -0.1) is 0 Å². The van der Waals surface area contributed by atoms with E-state index in [0.717, 1.165) is 16.0 Å². The summed E-state index contributed by atoms with van der Waals surface area (Å²) in [4.78, 5) is 83.9. The molecule has 5 aliphatic rings. The van der Waals surface area contributed by atoms with Gasteiger partial charge in [0.2, 0.25) is 12.2 Å². The van der Waals surface area contributed by atoms with Crippen molar-refractivity contribution in [1.82, 2.24) is 15.1 Å². The first-order chi connectivity index (χ1) is 35.9. The van der Waals surface area contributed by atoms with Crippen molar-refractivity contribution in [3.8, 4) is 28.7 Å². The predicted octanol–water partition coefficient (Wildman–Crippen LogP) is 2.64. The third kappa shape index (κ3) is 11.2. The van der Waals surface area contributed by atoms with Crippen molar-refractivity contribution in [2.24, 2.45) is 0 Å². The maximum atomic E-state index is 14.3. The molecule has 0 aliphatic carbocycles. The van der Waals surface area contributed by atoms with Gasteiger partial charge in [0.1, 0.15) is 36.7 Å². The number of carboxylic acids is 1. The number of carboxylic acid groups (broad SMARTS) is 1. The second-order valence-electron chi connectivity index (χ2n) is 18.5. The van der Waals surface area contributed by atoms with Gasteiger partial charge in [-0.2, -0.15) is 0 Å². The van der Waals surface area contributed by atoms with Gasteiger partial charge >= 0.3 is 12.1 Å². The minimum absolute atomic E-state index is 0.00308. The third-order valence-corrected chi connectivity index (χ3v) is 13.2. The number of nitrogens with one attached hydrogen (secondary N) is 2. The highest BCUT2D eigenvalue weighted by Gasteiger charge is 2.49. The lowest BCUT2D eigenvalue weighted by atomic mass is 9.99. The smallest absolute Gasteiger partial charge is 0.416 e. The van der Waals surface area contributed by atoms with Crippen LogP contribution < -0.4 is 39.2 Å². The number of methoxy groups -OCH3 is 3. The van der Waals surface area contributed by atoms with Crippen molar-refractivity contribution in [3.05, 3.63) is 88.3 Å². The Morgan fingerprint density at radius 1 is 0.747 bits per heavy atom. The monoisotopic (exact) mass is 1050 g/mol. The van der Waals surface area contributed by atoms with Crippen LogP contribution in [0, 0.1) is 0 Å². The number of hydrogen-bond acceptors (Lipinski definition) is 18. The molecular weight excluding hydrogens is 987 g/mol. The van der Waals surface area contributed by atoms with E-state index in [1.807, 2.05) is 6.92 Å². The van der Waals surface area contributed by atoms with Crippen LogP contribution >= 0.6 is 0 Å². The van der Waals surface area contributed by atoms with Gasteiger partial charge in [0.15, 0.2) is 35.3 Å². The SMILES string of the molecule is COCCNC(=O)c1cc(COC(=O)N2c3cc(OCCCCCOc4cc5c(cc4OC)C(=O)N4C=C(C)C[C@H]4C(=O)N5)c(OC)cc3C(=O)N3C=C(C)C[C@H]3C2O)ccc1O[C@@H]1O[C@H](C(=O)O)[C@@H](O)[C@H](O)[C@H]1O. The maximum Gasteiger partial charge on any atom is 0.416 e. The number of aliphatic hydroxyl groups excluding tert-OH is 4. The van der Waals surface area contributed by atoms with E-state index < -0.39 is 79.5 Å². The molecule has 0 radical (unpaired) electrons. The van der Waals surface area contributed by atoms with Crippen LogP contribution in [0.25, 0.3) is 0 Å². The van der Waals surface area contributed by atoms with E-state index in [1.54, 1.807) is 31.5 Å². The number of aliphatic carboxylic acids is 1. The molecule has 1 saturated heterocycles. The molecule has 75 heavy (non-hydrogen) atoms. The van der Waals surface area contributed by atoms with Crippen molar-refractivity contribution in [2.45, 2.75) is 102 Å². The highest BCUT2D eigenvalue weighted by molar-refractivity contribution is 6.11. The van der Waals surface area contributed by atoms with Crippen LogP contribution in [0.5, 0.6) is 28.7 Å². The van der Waals surface area contributed by atoms with E-state index in [9.17, 15) is 54.3 Å². The van der Waals surface area contributed by atoms with Crippen molar-refractivity contribution in [3.63, 3.8) is 0 Å². The lowest BCUT2D eigenvalue weighted by Gasteiger charge is -2.38. The van der Waals surface area contributed by atoms with Crippen LogP contribution in [0.4, 0.5) is 16.2 Å². The molecule has 0 saturated carbocycles. The third-order valence-electron chi connectivity index (χ3n) is 13.2. The van der Waals surface area contributed by atoms with Crippen molar-refractivity contribution in [2.75, 3.05) is 57.9 Å². The molecule has 5 amide bonds. The first kappa shape index (κ1) is 53.8. The summed E-state index contributed by atoms with van der Waals surface area (Å²) < 4.78 is 45.2. The Morgan fingerprint density at radius 2 is 1.40 bits per heavy atom. The molecule has 402 valence electrons. The summed E-state index contributed by atoms with van der Waals surface area (Å²) in [5, 5.41) is 58.1. The summed E-state index contributed by atoms with van der Waals surface area (Å²) in [6.07, 6.45) is -6.78. The fraction of sp³-hybridized carbons (Fsp3) is 0.451. The molecule has 5 heterocycles. The number of aliphatic hydroxyl groups is 4. The Hall–Kier alpha value is -7.48. The Bertz CT molecular complexity index is 2780. The first-order valence-corrected chi connectivity index (χ1v) is 24.1. The van der Waals surface area contributed by atoms with Gasteiger partial charge in [0.25, 0.3) is 17.7 Å². The maximum absolute atomic E-state index is 14.3. The molecule has 24 nitrogen and oxygen atoms in total. The average Bonchev–Trinajstić information content (AvgIpc) is 3.96. The zero-order chi connectivity index (χ0) is 53.8. The van der Waals surface area contributed by atoms with Crippen LogP contribution in [0.2, 0.25) is 0 Å². The van der Waals surface area contributed by atoms with Crippen LogP contribution in [-0.4, -0.2) is 168 Å². The topological polar surface area (TPSA) is 311 Å². The molecule has 3 aromatic rings. The molecule has 5 aliphatic heterocycles. The van der Waals surface area contributed by atoms with Crippen LogP contribution in [-0.2, 0) is 30.4 Å². The van der Waals surface area contributed by atoms with Gasteiger partial charge in [-0.25, -0.2) is 14.5 Å². The molecular formula is C51H59N5O19. The van der Waals surface area contributed by atoms with Gasteiger partial charge in [-0.3, -0.25) is 19.2 Å². The number of unbranched alkanes of at least 4 members (excludes halogenated alkanes) is 2. The highest BCUT2D eigenvalue weighted by Crippen LogP contribution is 2.43. The Morgan fingerprint density at radius 3 is 2.08 bits per heavy atom. The van der Waals surface area contributed by atoms with Gasteiger partial charge in [0.05, 0.1) is 68.1 Å². The fourth-order valence-corrected chi connectivity index (χ4v) is 9.34. The van der Waals surface area contributed by atoms with Crippen LogP contribution in [0.15, 0.2) is 66.0 Å². The Kier molecular flexibility index (Phi) is 16.5. The van der Waals surface area contributed by atoms with Gasteiger partial charge in [-0.05, 0) is 75.8 Å². The van der Waals surface area contributed by atoms with E-state index in [4.69, 9.17) is 37.9 Å². The van der Waals surface area contributed by atoms with Gasteiger partial charge < -0.3 is 83.9 Å². The lowest BCUT2D eigenvalue weighted by Crippen LogP contribution is -2.61. The number of fused-ring (bicyclic) bond motifs is 4.